The van der Waals surface area contributed by atoms with E-state index in [1.54, 1.807) is 17.6 Å². The maximum atomic E-state index is 12.5. The number of furan rings is 1. The molecule has 0 spiro atoms. The monoisotopic (exact) mass is 304 g/mol. The molecule has 0 N–H and O–H groups in total. The van der Waals surface area contributed by atoms with Crippen molar-refractivity contribution in [2.75, 3.05) is 0 Å². The van der Waals surface area contributed by atoms with Crippen LogP contribution in [0.25, 0.3) is 0 Å². The molecule has 4 nitrogen and oxygen atoms in total. The van der Waals surface area contributed by atoms with Crippen LogP contribution in [0, 0.1) is 0 Å². The zero-order valence-electron chi connectivity index (χ0n) is 12.4. The highest BCUT2D eigenvalue weighted by Gasteiger charge is 2.33. The second-order valence-electron chi connectivity index (χ2n) is 5.84. The van der Waals surface area contributed by atoms with E-state index in [4.69, 9.17) is 4.42 Å². The number of carbonyl (C=O) groups excluding carboxylic acids is 1. The Labute approximate surface area is 128 Å². The zero-order chi connectivity index (χ0) is 14.8. The average molecular weight is 304 g/mol. The lowest BCUT2D eigenvalue weighted by Crippen LogP contribution is -2.33. The fourth-order valence-corrected chi connectivity index (χ4v) is 3.14. The van der Waals surface area contributed by atoms with Crippen molar-refractivity contribution in [1.29, 1.82) is 0 Å². The second-order valence-corrected chi connectivity index (χ2v) is 6.73. The third kappa shape index (κ3) is 3.53. The van der Waals surface area contributed by atoms with E-state index >= 15 is 0 Å². The first-order chi connectivity index (χ1) is 10.1. The van der Waals surface area contributed by atoms with Crippen molar-refractivity contribution in [2.45, 2.75) is 51.6 Å². The van der Waals surface area contributed by atoms with Gasteiger partial charge in [-0.3, -0.25) is 4.79 Å². The summed E-state index contributed by atoms with van der Waals surface area (Å²) in [5.41, 5.74) is 0.888. The van der Waals surface area contributed by atoms with Crippen LogP contribution < -0.4 is 0 Å². The van der Waals surface area contributed by atoms with E-state index in [0.29, 0.717) is 24.9 Å². The van der Waals surface area contributed by atoms with Crippen molar-refractivity contribution < 1.29 is 9.21 Å². The smallest absolute Gasteiger partial charge is 0.229 e. The van der Waals surface area contributed by atoms with Gasteiger partial charge in [-0.25, -0.2) is 4.98 Å². The highest BCUT2D eigenvalue weighted by atomic mass is 32.1. The lowest BCUT2D eigenvalue weighted by Gasteiger charge is -2.20. The van der Waals surface area contributed by atoms with E-state index in [0.717, 1.165) is 29.3 Å². The van der Waals surface area contributed by atoms with Crippen LogP contribution in [-0.2, 0) is 17.8 Å². The van der Waals surface area contributed by atoms with Gasteiger partial charge in [0.15, 0.2) is 0 Å². The predicted octanol–water partition coefficient (Wildman–Crippen LogP) is 3.59. The van der Waals surface area contributed by atoms with Crippen LogP contribution in [0.4, 0.5) is 0 Å². The molecule has 0 saturated heterocycles. The molecule has 2 aromatic rings. The molecule has 1 fully saturated rings. The minimum atomic E-state index is 0.148. The summed E-state index contributed by atoms with van der Waals surface area (Å²) < 4.78 is 5.37. The van der Waals surface area contributed by atoms with Crippen LogP contribution in [0.2, 0.25) is 0 Å². The van der Waals surface area contributed by atoms with Gasteiger partial charge in [-0.05, 0) is 25.0 Å². The van der Waals surface area contributed by atoms with Crippen LogP contribution in [0.1, 0.15) is 49.1 Å². The molecule has 1 amide bonds. The fourth-order valence-electron chi connectivity index (χ4n) is 2.30. The van der Waals surface area contributed by atoms with Gasteiger partial charge in [0.1, 0.15) is 5.76 Å². The zero-order valence-corrected chi connectivity index (χ0v) is 13.2. The van der Waals surface area contributed by atoms with Crippen LogP contribution in [-0.4, -0.2) is 21.8 Å². The molecular weight excluding hydrogens is 284 g/mol. The highest BCUT2D eigenvalue weighted by molar-refractivity contribution is 7.09. The number of amides is 1. The van der Waals surface area contributed by atoms with Gasteiger partial charge >= 0.3 is 0 Å². The first-order valence-corrected chi connectivity index (χ1v) is 8.27. The maximum Gasteiger partial charge on any atom is 0.229 e. The van der Waals surface area contributed by atoms with Crippen molar-refractivity contribution in [3.63, 3.8) is 0 Å². The summed E-state index contributed by atoms with van der Waals surface area (Å²) in [6, 6.07) is 4.16. The topological polar surface area (TPSA) is 46.3 Å². The van der Waals surface area contributed by atoms with E-state index in [2.05, 4.69) is 18.8 Å². The molecule has 2 heterocycles. The lowest BCUT2D eigenvalue weighted by atomic mass is 10.2. The second kappa shape index (κ2) is 6.02. The molecule has 0 bridgehead atoms. The van der Waals surface area contributed by atoms with Crippen molar-refractivity contribution in [3.05, 3.63) is 40.2 Å². The quantitative estimate of drug-likeness (QED) is 0.819. The number of rotatable bonds is 6. The molecule has 2 aromatic heterocycles. The molecular formula is C16H20N2O2S. The fraction of sp³-hybridized carbons (Fsp3) is 0.500. The number of hydrogen-bond acceptors (Lipinski definition) is 4. The largest absolute Gasteiger partial charge is 0.467 e. The number of thiazole rings is 1. The van der Waals surface area contributed by atoms with Gasteiger partial charge in [0, 0.05) is 17.3 Å². The van der Waals surface area contributed by atoms with E-state index in [1.165, 1.54) is 0 Å². The SMILES string of the molecule is CC(C)c1nc(CC(=O)N(Cc2ccco2)C2CC2)cs1. The Bertz CT molecular complexity index is 600. The standard InChI is InChI=1S/C16H20N2O2S/c1-11(2)16-17-12(10-21-16)8-15(19)18(13-5-6-13)9-14-4-3-7-20-14/h3-4,7,10-11,13H,5-6,8-9H2,1-2H3. The number of nitrogens with zero attached hydrogens (tertiary/aromatic N) is 2. The van der Waals surface area contributed by atoms with Crippen LogP contribution in [0.5, 0.6) is 0 Å². The molecule has 0 unspecified atom stereocenters. The minimum Gasteiger partial charge on any atom is -0.467 e. The third-order valence-corrected chi connectivity index (χ3v) is 4.80. The molecule has 1 aliphatic carbocycles. The Morgan fingerprint density at radius 3 is 2.90 bits per heavy atom. The summed E-state index contributed by atoms with van der Waals surface area (Å²) in [7, 11) is 0. The molecule has 1 aliphatic rings. The maximum absolute atomic E-state index is 12.5. The summed E-state index contributed by atoms with van der Waals surface area (Å²) in [5, 5.41) is 3.10. The first-order valence-electron chi connectivity index (χ1n) is 7.39. The summed E-state index contributed by atoms with van der Waals surface area (Å²) in [6.07, 6.45) is 4.24. The van der Waals surface area contributed by atoms with E-state index in [1.807, 2.05) is 22.4 Å². The Hall–Kier alpha value is -1.62. The normalized spacial score (nSPS) is 14.6. The lowest BCUT2D eigenvalue weighted by molar-refractivity contribution is -0.132. The first kappa shape index (κ1) is 14.3. The number of carbonyl (C=O) groups is 1. The van der Waals surface area contributed by atoms with Gasteiger partial charge in [-0.2, -0.15) is 0 Å². The Morgan fingerprint density at radius 1 is 1.52 bits per heavy atom. The molecule has 1 saturated carbocycles. The Balaban J connectivity index is 1.66. The van der Waals surface area contributed by atoms with Gasteiger partial charge in [0.05, 0.1) is 29.9 Å². The average Bonchev–Trinajstić information content (AvgIpc) is 2.97. The van der Waals surface area contributed by atoms with Crippen molar-refractivity contribution in [3.8, 4) is 0 Å². The Kier molecular flexibility index (Phi) is 4.10. The summed E-state index contributed by atoms with van der Waals surface area (Å²) in [4.78, 5) is 19.0. The van der Waals surface area contributed by atoms with Gasteiger partial charge in [0.2, 0.25) is 5.91 Å². The van der Waals surface area contributed by atoms with Crippen molar-refractivity contribution in [2.24, 2.45) is 0 Å². The van der Waals surface area contributed by atoms with Crippen molar-refractivity contribution >= 4 is 17.2 Å². The predicted molar refractivity (Wildman–Crippen MR) is 82.2 cm³/mol. The molecule has 0 atom stereocenters. The van der Waals surface area contributed by atoms with Gasteiger partial charge in [-0.1, -0.05) is 13.8 Å². The number of hydrogen-bond donors (Lipinski definition) is 0. The summed E-state index contributed by atoms with van der Waals surface area (Å²) in [6.45, 7) is 4.81. The molecule has 0 aliphatic heterocycles. The molecule has 112 valence electrons. The van der Waals surface area contributed by atoms with Crippen LogP contribution in [0.3, 0.4) is 0 Å². The highest BCUT2D eigenvalue weighted by Crippen LogP contribution is 2.29. The van der Waals surface area contributed by atoms with Crippen LogP contribution >= 0.6 is 11.3 Å². The molecule has 3 rings (SSSR count). The van der Waals surface area contributed by atoms with Gasteiger partial charge in [-0.15, -0.1) is 11.3 Å². The van der Waals surface area contributed by atoms with E-state index in [9.17, 15) is 4.79 Å². The third-order valence-electron chi connectivity index (χ3n) is 3.61. The molecule has 0 aromatic carbocycles. The van der Waals surface area contributed by atoms with Gasteiger partial charge < -0.3 is 9.32 Å². The molecule has 21 heavy (non-hydrogen) atoms. The summed E-state index contributed by atoms with van der Waals surface area (Å²) >= 11 is 1.64. The molecule has 5 heteroatoms. The number of aromatic nitrogens is 1. The van der Waals surface area contributed by atoms with Crippen LogP contribution in [0.15, 0.2) is 28.2 Å². The van der Waals surface area contributed by atoms with Crippen molar-refractivity contribution in [1.82, 2.24) is 9.88 Å². The van der Waals surface area contributed by atoms with Gasteiger partial charge in [0.25, 0.3) is 0 Å². The van der Waals surface area contributed by atoms with E-state index in [-0.39, 0.29) is 5.91 Å². The molecule has 0 radical (unpaired) electrons. The summed E-state index contributed by atoms with van der Waals surface area (Å²) in [5.74, 6) is 1.41. The Morgan fingerprint density at radius 2 is 2.33 bits per heavy atom. The minimum absolute atomic E-state index is 0.148. The van der Waals surface area contributed by atoms with E-state index < -0.39 is 0 Å².